The second kappa shape index (κ2) is 6.06. The van der Waals surface area contributed by atoms with Crippen molar-refractivity contribution in [1.82, 2.24) is 19.7 Å². The Bertz CT molecular complexity index is 522. The number of nitrogens with one attached hydrogen (secondary N) is 1. The lowest BCUT2D eigenvalue weighted by atomic mass is 10.3. The molecule has 4 nitrogen and oxygen atoms in total. The molecular formula is C15H24N4. The molecule has 104 valence electrons. The molecular weight excluding hydrogens is 236 g/mol. The van der Waals surface area contributed by atoms with Gasteiger partial charge in [-0.15, -0.1) is 0 Å². The van der Waals surface area contributed by atoms with Crippen molar-refractivity contribution >= 4 is 0 Å². The minimum absolute atomic E-state index is 0.521. The zero-order valence-corrected chi connectivity index (χ0v) is 12.3. The molecule has 0 aromatic carbocycles. The summed E-state index contributed by atoms with van der Waals surface area (Å²) in [4.78, 5) is 0. The standard InChI is InChI=1S/C15H24N4/c1-5-19-15(8-13(4)17-19)11-18-7-6-14(10-18)9-16-12(2)3/h6-8,10,12,16H,5,9,11H2,1-4H3. The summed E-state index contributed by atoms with van der Waals surface area (Å²) >= 11 is 0. The van der Waals surface area contributed by atoms with Gasteiger partial charge in [-0.3, -0.25) is 4.68 Å². The monoisotopic (exact) mass is 260 g/mol. The fraction of sp³-hybridized carbons (Fsp3) is 0.533. The second-order valence-electron chi connectivity index (χ2n) is 5.32. The molecule has 2 rings (SSSR count). The first-order valence-electron chi connectivity index (χ1n) is 7.00. The Hall–Kier alpha value is -1.55. The van der Waals surface area contributed by atoms with Crippen LogP contribution in [0.3, 0.4) is 0 Å². The van der Waals surface area contributed by atoms with E-state index in [0.29, 0.717) is 6.04 Å². The first-order chi connectivity index (χ1) is 9.08. The summed E-state index contributed by atoms with van der Waals surface area (Å²) in [6, 6.07) is 4.86. The number of aromatic nitrogens is 3. The van der Waals surface area contributed by atoms with Gasteiger partial charge in [0, 0.05) is 31.5 Å². The molecule has 1 N–H and O–H groups in total. The second-order valence-corrected chi connectivity index (χ2v) is 5.32. The lowest BCUT2D eigenvalue weighted by Crippen LogP contribution is -2.21. The van der Waals surface area contributed by atoms with Gasteiger partial charge in [0.1, 0.15) is 0 Å². The van der Waals surface area contributed by atoms with Crippen molar-refractivity contribution in [2.45, 2.75) is 53.4 Å². The number of aryl methyl sites for hydroxylation is 2. The molecule has 0 aliphatic carbocycles. The fourth-order valence-electron chi connectivity index (χ4n) is 2.20. The molecule has 0 radical (unpaired) electrons. The third kappa shape index (κ3) is 3.70. The Kier molecular flexibility index (Phi) is 4.43. The van der Waals surface area contributed by atoms with Crippen molar-refractivity contribution in [2.75, 3.05) is 0 Å². The maximum atomic E-state index is 4.48. The summed E-state index contributed by atoms with van der Waals surface area (Å²) in [5.74, 6) is 0. The van der Waals surface area contributed by atoms with Gasteiger partial charge in [-0.05, 0) is 31.5 Å². The van der Waals surface area contributed by atoms with E-state index in [2.05, 4.69) is 65.0 Å². The molecule has 2 heterocycles. The van der Waals surface area contributed by atoms with Crippen LogP contribution in [0.25, 0.3) is 0 Å². The smallest absolute Gasteiger partial charge is 0.0639 e. The maximum Gasteiger partial charge on any atom is 0.0639 e. The Morgan fingerprint density at radius 1 is 1.37 bits per heavy atom. The quantitative estimate of drug-likeness (QED) is 0.866. The lowest BCUT2D eigenvalue weighted by molar-refractivity contribution is 0.584. The van der Waals surface area contributed by atoms with Crippen LogP contribution >= 0.6 is 0 Å². The van der Waals surface area contributed by atoms with E-state index in [1.807, 2.05) is 6.92 Å². The zero-order chi connectivity index (χ0) is 13.8. The van der Waals surface area contributed by atoms with E-state index in [-0.39, 0.29) is 0 Å². The molecule has 0 bridgehead atoms. The van der Waals surface area contributed by atoms with E-state index in [9.17, 15) is 0 Å². The van der Waals surface area contributed by atoms with Crippen LogP contribution in [0.1, 0.15) is 37.7 Å². The summed E-state index contributed by atoms with van der Waals surface area (Å²) in [6.45, 7) is 11.2. The van der Waals surface area contributed by atoms with Gasteiger partial charge in [0.15, 0.2) is 0 Å². The normalized spacial score (nSPS) is 11.4. The summed E-state index contributed by atoms with van der Waals surface area (Å²) < 4.78 is 4.29. The van der Waals surface area contributed by atoms with Gasteiger partial charge < -0.3 is 9.88 Å². The molecule has 0 aliphatic heterocycles. The Morgan fingerprint density at radius 2 is 2.16 bits per heavy atom. The minimum atomic E-state index is 0.521. The van der Waals surface area contributed by atoms with Crippen molar-refractivity contribution in [3.05, 3.63) is 41.5 Å². The number of nitrogens with zero attached hydrogens (tertiary/aromatic N) is 3. The SMILES string of the molecule is CCn1nc(C)cc1Cn1ccc(CNC(C)C)c1. The van der Waals surface area contributed by atoms with Gasteiger partial charge >= 0.3 is 0 Å². The number of rotatable bonds is 6. The number of hydrogen-bond donors (Lipinski definition) is 1. The first kappa shape index (κ1) is 13.9. The highest BCUT2D eigenvalue weighted by atomic mass is 15.3. The zero-order valence-electron chi connectivity index (χ0n) is 12.3. The average molecular weight is 260 g/mol. The molecule has 0 amide bonds. The van der Waals surface area contributed by atoms with Crippen LogP contribution in [0.5, 0.6) is 0 Å². The van der Waals surface area contributed by atoms with Gasteiger partial charge in [-0.1, -0.05) is 13.8 Å². The van der Waals surface area contributed by atoms with Gasteiger partial charge in [0.25, 0.3) is 0 Å². The topological polar surface area (TPSA) is 34.8 Å². The fourth-order valence-corrected chi connectivity index (χ4v) is 2.20. The molecule has 19 heavy (non-hydrogen) atoms. The minimum Gasteiger partial charge on any atom is -0.348 e. The summed E-state index contributed by atoms with van der Waals surface area (Å²) in [7, 11) is 0. The molecule has 2 aromatic rings. The molecule has 0 saturated carbocycles. The van der Waals surface area contributed by atoms with Crippen LogP contribution in [-0.2, 0) is 19.6 Å². The van der Waals surface area contributed by atoms with Crippen molar-refractivity contribution in [3.8, 4) is 0 Å². The van der Waals surface area contributed by atoms with Crippen LogP contribution in [0.15, 0.2) is 24.5 Å². The lowest BCUT2D eigenvalue weighted by Gasteiger charge is -2.07. The largest absolute Gasteiger partial charge is 0.348 e. The highest BCUT2D eigenvalue weighted by Crippen LogP contribution is 2.09. The molecule has 2 aromatic heterocycles. The Balaban J connectivity index is 2.03. The van der Waals surface area contributed by atoms with E-state index in [4.69, 9.17) is 0 Å². The average Bonchev–Trinajstić information content (AvgIpc) is 2.94. The van der Waals surface area contributed by atoms with Gasteiger partial charge in [-0.25, -0.2) is 0 Å². The number of hydrogen-bond acceptors (Lipinski definition) is 2. The molecule has 4 heteroatoms. The maximum absolute atomic E-state index is 4.48. The van der Waals surface area contributed by atoms with Gasteiger partial charge in [-0.2, -0.15) is 5.10 Å². The van der Waals surface area contributed by atoms with Gasteiger partial charge in [0.05, 0.1) is 17.9 Å². The highest BCUT2D eigenvalue weighted by Gasteiger charge is 2.05. The van der Waals surface area contributed by atoms with Crippen molar-refractivity contribution in [2.24, 2.45) is 0 Å². The third-order valence-electron chi connectivity index (χ3n) is 3.16. The van der Waals surface area contributed by atoms with E-state index in [1.165, 1.54) is 11.3 Å². The predicted molar refractivity (Wildman–Crippen MR) is 78.1 cm³/mol. The summed E-state index contributed by atoms with van der Waals surface area (Å²) in [5, 5.41) is 7.92. The third-order valence-corrected chi connectivity index (χ3v) is 3.16. The van der Waals surface area contributed by atoms with Crippen LogP contribution in [0, 0.1) is 6.92 Å². The van der Waals surface area contributed by atoms with Crippen LogP contribution in [-0.4, -0.2) is 20.4 Å². The molecule has 0 unspecified atom stereocenters. The molecule has 0 fully saturated rings. The van der Waals surface area contributed by atoms with Crippen molar-refractivity contribution < 1.29 is 0 Å². The van der Waals surface area contributed by atoms with E-state index < -0.39 is 0 Å². The van der Waals surface area contributed by atoms with E-state index in [1.54, 1.807) is 0 Å². The summed E-state index contributed by atoms with van der Waals surface area (Å²) in [6.07, 6.45) is 4.34. The molecule has 0 saturated heterocycles. The van der Waals surface area contributed by atoms with Crippen LogP contribution < -0.4 is 5.32 Å². The van der Waals surface area contributed by atoms with E-state index in [0.717, 1.165) is 25.3 Å². The first-order valence-corrected chi connectivity index (χ1v) is 7.00. The molecule has 0 aliphatic rings. The predicted octanol–water partition coefficient (Wildman–Crippen LogP) is 2.56. The highest BCUT2D eigenvalue weighted by molar-refractivity contribution is 5.14. The Labute approximate surface area is 115 Å². The molecule has 0 atom stereocenters. The van der Waals surface area contributed by atoms with Crippen molar-refractivity contribution in [3.63, 3.8) is 0 Å². The van der Waals surface area contributed by atoms with Gasteiger partial charge in [0.2, 0.25) is 0 Å². The molecule has 0 spiro atoms. The van der Waals surface area contributed by atoms with Crippen molar-refractivity contribution in [1.29, 1.82) is 0 Å². The van der Waals surface area contributed by atoms with Crippen LogP contribution in [0.2, 0.25) is 0 Å². The Morgan fingerprint density at radius 3 is 2.84 bits per heavy atom. The summed E-state index contributed by atoms with van der Waals surface area (Å²) in [5.41, 5.74) is 3.68. The van der Waals surface area contributed by atoms with E-state index >= 15 is 0 Å². The van der Waals surface area contributed by atoms with Crippen LogP contribution in [0.4, 0.5) is 0 Å².